The molecule has 0 aliphatic heterocycles. The van der Waals surface area contributed by atoms with Crippen LogP contribution in [-0.4, -0.2) is 18.0 Å². The van der Waals surface area contributed by atoms with Crippen molar-refractivity contribution >= 4 is 11.9 Å². The largest absolute Gasteiger partial charge is 0.392 e. The van der Waals surface area contributed by atoms with Gasteiger partial charge < -0.3 is 10.5 Å². The lowest BCUT2D eigenvalue weighted by atomic mass is 10.1. The molecule has 0 saturated carbocycles. The number of carbonyl (C=O) groups excluding carboxylic acids is 2. The van der Waals surface area contributed by atoms with Gasteiger partial charge in [-0.15, -0.1) is 0 Å². The average Bonchev–Trinajstić information content (AvgIpc) is 2.32. The average molecular weight is 237 g/mol. The van der Waals surface area contributed by atoms with Crippen molar-refractivity contribution in [3.05, 3.63) is 35.9 Å². The Bertz CT molecular complexity index is 349. The minimum atomic E-state index is -0.795. The van der Waals surface area contributed by atoms with Crippen LogP contribution in [0, 0.1) is 0 Å². The molecule has 0 radical (unpaired) electrons. The molecule has 1 aromatic rings. The Balaban J connectivity index is 0.00000121. The predicted octanol–water partition coefficient (Wildman–Crippen LogP) is 1.67. The second-order valence-electron chi connectivity index (χ2n) is 3.21. The molecule has 1 rings (SSSR count). The topological polar surface area (TPSA) is 69.4 Å². The van der Waals surface area contributed by atoms with Crippen molar-refractivity contribution in [1.29, 1.82) is 0 Å². The van der Waals surface area contributed by atoms with Crippen molar-refractivity contribution in [3.8, 4) is 0 Å². The first-order valence-corrected chi connectivity index (χ1v) is 5.61. The third kappa shape index (κ3) is 6.48. The van der Waals surface area contributed by atoms with E-state index in [1.54, 1.807) is 0 Å². The summed E-state index contributed by atoms with van der Waals surface area (Å²) in [4.78, 5) is 21.7. The van der Waals surface area contributed by atoms with Crippen molar-refractivity contribution in [2.45, 2.75) is 33.2 Å². The van der Waals surface area contributed by atoms with Gasteiger partial charge in [0.25, 0.3) is 0 Å². The maximum absolute atomic E-state index is 11.2. The summed E-state index contributed by atoms with van der Waals surface area (Å²) in [6.45, 7) is 5.17. The van der Waals surface area contributed by atoms with Gasteiger partial charge in [0, 0.05) is 6.92 Å². The van der Waals surface area contributed by atoms with Crippen molar-refractivity contribution < 1.29 is 14.3 Å². The molecule has 4 heteroatoms. The zero-order valence-corrected chi connectivity index (χ0v) is 10.5. The zero-order chi connectivity index (χ0) is 13.3. The van der Waals surface area contributed by atoms with E-state index >= 15 is 0 Å². The third-order valence-electron chi connectivity index (χ3n) is 1.85. The summed E-state index contributed by atoms with van der Waals surface area (Å²) in [5.74, 6) is -1.32. The maximum atomic E-state index is 11.2. The summed E-state index contributed by atoms with van der Waals surface area (Å²) in [6, 6.07) is 8.53. The molecule has 0 aliphatic carbocycles. The number of nitrogens with two attached hydrogens (primary N) is 1. The highest BCUT2D eigenvalue weighted by Gasteiger charge is 2.17. The molecule has 0 aromatic heterocycles. The van der Waals surface area contributed by atoms with E-state index in [-0.39, 0.29) is 0 Å². The fraction of sp³-hybridized carbons (Fsp3) is 0.385. The Morgan fingerprint density at radius 2 is 1.76 bits per heavy atom. The van der Waals surface area contributed by atoms with Crippen LogP contribution in [0.5, 0.6) is 0 Å². The molecular formula is C13H19NO3. The van der Waals surface area contributed by atoms with Gasteiger partial charge in [-0.05, 0) is 12.0 Å². The van der Waals surface area contributed by atoms with Gasteiger partial charge in [-0.3, -0.25) is 4.79 Å². The number of benzene rings is 1. The van der Waals surface area contributed by atoms with Gasteiger partial charge in [-0.1, -0.05) is 44.2 Å². The molecule has 1 aromatic carbocycles. The van der Waals surface area contributed by atoms with E-state index in [0.29, 0.717) is 6.42 Å². The van der Waals surface area contributed by atoms with Crippen molar-refractivity contribution in [1.82, 2.24) is 0 Å². The molecule has 1 atom stereocenters. The van der Waals surface area contributed by atoms with Crippen LogP contribution in [0.2, 0.25) is 0 Å². The minimum Gasteiger partial charge on any atom is -0.392 e. The first-order valence-electron chi connectivity index (χ1n) is 5.61. The van der Waals surface area contributed by atoms with Crippen LogP contribution < -0.4 is 5.73 Å². The first kappa shape index (κ1) is 15.3. The highest BCUT2D eigenvalue weighted by atomic mass is 16.6. The van der Waals surface area contributed by atoms with Crippen LogP contribution >= 0.6 is 0 Å². The van der Waals surface area contributed by atoms with Crippen molar-refractivity contribution in [3.63, 3.8) is 0 Å². The number of esters is 2. The lowest BCUT2D eigenvalue weighted by molar-refractivity contribution is -0.159. The Morgan fingerprint density at radius 1 is 1.24 bits per heavy atom. The summed E-state index contributed by atoms with van der Waals surface area (Å²) in [5.41, 5.74) is 6.51. The van der Waals surface area contributed by atoms with Gasteiger partial charge in [0.05, 0.1) is 0 Å². The maximum Gasteiger partial charge on any atom is 0.330 e. The lowest BCUT2D eigenvalue weighted by Crippen LogP contribution is -2.35. The Labute approximate surface area is 102 Å². The summed E-state index contributed by atoms with van der Waals surface area (Å²) in [7, 11) is 0. The number of carbonyl (C=O) groups is 2. The third-order valence-corrected chi connectivity index (χ3v) is 1.85. The molecule has 2 N–H and O–H groups in total. The van der Waals surface area contributed by atoms with E-state index in [1.807, 2.05) is 44.2 Å². The van der Waals surface area contributed by atoms with Crippen molar-refractivity contribution in [2.75, 3.05) is 0 Å². The second-order valence-corrected chi connectivity index (χ2v) is 3.21. The summed E-state index contributed by atoms with van der Waals surface area (Å²) < 4.78 is 4.38. The molecule has 94 valence electrons. The second kappa shape index (κ2) is 8.47. The highest BCUT2D eigenvalue weighted by molar-refractivity contribution is 5.87. The number of rotatable bonds is 3. The standard InChI is InChI=1S/C11H13NO3.C2H6/c1-8(13)15-11(14)10(12)7-9-5-3-2-4-6-9;1-2/h2-6,10H,7,12H2,1H3;1-2H3. The minimum absolute atomic E-state index is 0.368. The van der Waals surface area contributed by atoms with E-state index in [0.717, 1.165) is 5.56 Å². The van der Waals surface area contributed by atoms with E-state index in [1.165, 1.54) is 6.92 Å². The summed E-state index contributed by atoms with van der Waals surface area (Å²) in [6.07, 6.45) is 0.368. The normalized spacial score (nSPS) is 10.8. The van der Waals surface area contributed by atoms with Crippen LogP contribution in [0.15, 0.2) is 30.3 Å². The van der Waals surface area contributed by atoms with Gasteiger partial charge in [0.1, 0.15) is 6.04 Å². The molecule has 0 aliphatic rings. The van der Waals surface area contributed by atoms with E-state index in [9.17, 15) is 9.59 Å². The SMILES string of the molecule is CC.CC(=O)OC(=O)C(N)Cc1ccccc1. The molecule has 0 saturated heterocycles. The summed E-state index contributed by atoms with van der Waals surface area (Å²) in [5, 5.41) is 0. The lowest BCUT2D eigenvalue weighted by Gasteiger charge is -2.08. The van der Waals surface area contributed by atoms with Gasteiger partial charge >= 0.3 is 11.9 Å². The molecule has 0 heterocycles. The number of ether oxygens (including phenoxy) is 1. The fourth-order valence-electron chi connectivity index (χ4n) is 1.17. The summed E-state index contributed by atoms with van der Waals surface area (Å²) >= 11 is 0. The Morgan fingerprint density at radius 3 is 2.24 bits per heavy atom. The van der Waals surface area contributed by atoms with Crippen molar-refractivity contribution in [2.24, 2.45) is 5.73 Å². The molecule has 17 heavy (non-hydrogen) atoms. The van der Waals surface area contributed by atoms with Gasteiger partial charge in [0.2, 0.25) is 0 Å². The van der Waals surface area contributed by atoms with Crippen LogP contribution in [-0.2, 0) is 20.7 Å². The van der Waals surface area contributed by atoms with E-state index in [4.69, 9.17) is 5.73 Å². The zero-order valence-electron chi connectivity index (χ0n) is 10.5. The molecule has 4 nitrogen and oxygen atoms in total. The van der Waals surface area contributed by atoms with Gasteiger partial charge in [-0.2, -0.15) is 0 Å². The first-order chi connectivity index (χ1) is 8.09. The molecule has 0 fully saturated rings. The van der Waals surface area contributed by atoms with Crippen LogP contribution in [0.4, 0.5) is 0 Å². The van der Waals surface area contributed by atoms with E-state index in [2.05, 4.69) is 4.74 Å². The smallest absolute Gasteiger partial charge is 0.330 e. The molecule has 0 spiro atoms. The fourth-order valence-corrected chi connectivity index (χ4v) is 1.17. The molecule has 1 unspecified atom stereocenters. The van der Waals surface area contributed by atoms with Crippen LogP contribution in [0.25, 0.3) is 0 Å². The Hall–Kier alpha value is -1.68. The Kier molecular flexibility index (Phi) is 7.63. The molecular weight excluding hydrogens is 218 g/mol. The van der Waals surface area contributed by atoms with Gasteiger partial charge in [0.15, 0.2) is 0 Å². The highest BCUT2D eigenvalue weighted by Crippen LogP contribution is 2.02. The molecule has 0 amide bonds. The number of hydrogen-bond donors (Lipinski definition) is 1. The quantitative estimate of drug-likeness (QED) is 0.641. The number of hydrogen-bond acceptors (Lipinski definition) is 4. The van der Waals surface area contributed by atoms with Crippen LogP contribution in [0.1, 0.15) is 26.3 Å². The van der Waals surface area contributed by atoms with Crippen LogP contribution in [0.3, 0.4) is 0 Å². The van der Waals surface area contributed by atoms with Gasteiger partial charge in [-0.25, -0.2) is 4.79 Å². The predicted molar refractivity (Wildman–Crippen MR) is 66.2 cm³/mol. The monoisotopic (exact) mass is 237 g/mol. The van der Waals surface area contributed by atoms with E-state index < -0.39 is 18.0 Å². The molecule has 0 bridgehead atoms.